The van der Waals surface area contributed by atoms with Gasteiger partial charge in [-0.3, -0.25) is 14.6 Å². The lowest BCUT2D eigenvalue weighted by Crippen LogP contribution is -2.24. The van der Waals surface area contributed by atoms with Crippen LogP contribution in [0.1, 0.15) is 35.6 Å². The first-order valence-electron chi connectivity index (χ1n) is 7.42. The normalized spacial score (nSPS) is 10.4. The molecule has 1 aromatic carbocycles. The second-order valence-corrected chi connectivity index (χ2v) is 5.57. The van der Waals surface area contributed by atoms with Crippen LogP contribution in [-0.4, -0.2) is 21.8 Å². The Morgan fingerprint density at radius 3 is 2.35 bits per heavy atom. The molecule has 0 spiro atoms. The van der Waals surface area contributed by atoms with Crippen molar-refractivity contribution in [1.29, 1.82) is 0 Å². The number of aryl methyl sites for hydroxylation is 1. The zero-order chi connectivity index (χ0) is 16.8. The van der Waals surface area contributed by atoms with E-state index >= 15 is 0 Å². The molecule has 0 radical (unpaired) electrons. The first kappa shape index (κ1) is 16.6. The summed E-state index contributed by atoms with van der Waals surface area (Å²) < 4.78 is 0. The van der Waals surface area contributed by atoms with Crippen LogP contribution in [0, 0.1) is 12.8 Å². The zero-order valence-electron chi connectivity index (χ0n) is 13.5. The van der Waals surface area contributed by atoms with Crippen molar-refractivity contribution >= 4 is 17.5 Å². The highest BCUT2D eigenvalue weighted by molar-refractivity contribution is 5.92. The molecule has 0 aliphatic heterocycles. The van der Waals surface area contributed by atoms with E-state index in [1.165, 1.54) is 6.20 Å². The van der Waals surface area contributed by atoms with Crippen LogP contribution in [0.4, 0.5) is 5.69 Å². The molecule has 2 aromatic rings. The van der Waals surface area contributed by atoms with Gasteiger partial charge in [0.25, 0.3) is 5.91 Å². The minimum atomic E-state index is -0.269. The van der Waals surface area contributed by atoms with E-state index in [1.807, 2.05) is 45.0 Å². The Morgan fingerprint density at radius 2 is 1.78 bits per heavy atom. The van der Waals surface area contributed by atoms with Gasteiger partial charge in [-0.25, -0.2) is 4.98 Å². The maximum atomic E-state index is 11.9. The van der Waals surface area contributed by atoms with Gasteiger partial charge in [0.1, 0.15) is 5.69 Å². The van der Waals surface area contributed by atoms with Crippen molar-refractivity contribution in [3.8, 4) is 0 Å². The third-order valence-electron chi connectivity index (χ3n) is 3.21. The molecule has 0 bridgehead atoms. The van der Waals surface area contributed by atoms with Gasteiger partial charge in [-0.05, 0) is 24.6 Å². The largest absolute Gasteiger partial charge is 0.347 e. The lowest BCUT2D eigenvalue weighted by molar-refractivity contribution is -0.118. The number of rotatable bonds is 5. The fourth-order valence-corrected chi connectivity index (χ4v) is 1.78. The third-order valence-corrected chi connectivity index (χ3v) is 3.21. The second-order valence-electron chi connectivity index (χ2n) is 5.57. The summed E-state index contributed by atoms with van der Waals surface area (Å²) in [4.78, 5) is 31.6. The molecule has 1 aromatic heterocycles. The van der Waals surface area contributed by atoms with Crippen LogP contribution in [0.15, 0.2) is 36.7 Å². The maximum absolute atomic E-state index is 11.9. The molecule has 2 amide bonds. The molecule has 2 N–H and O–H groups in total. The number of hydrogen-bond acceptors (Lipinski definition) is 4. The van der Waals surface area contributed by atoms with Crippen LogP contribution < -0.4 is 10.6 Å². The Labute approximate surface area is 135 Å². The number of hydrogen-bond donors (Lipinski definition) is 2. The van der Waals surface area contributed by atoms with Crippen LogP contribution in [0.2, 0.25) is 0 Å². The Morgan fingerprint density at radius 1 is 1.09 bits per heavy atom. The van der Waals surface area contributed by atoms with Gasteiger partial charge < -0.3 is 10.6 Å². The number of aromatic nitrogens is 2. The molecule has 2 rings (SSSR count). The van der Waals surface area contributed by atoms with Gasteiger partial charge in [0.05, 0.1) is 11.9 Å². The van der Waals surface area contributed by atoms with Crippen molar-refractivity contribution in [3.05, 3.63) is 53.6 Å². The van der Waals surface area contributed by atoms with Crippen molar-refractivity contribution in [1.82, 2.24) is 15.3 Å². The number of carbonyl (C=O) groups is 2. The fraction of sp³-hybridized carbons (Fsp3) is 0.294. The van der Waals surface area contributed by atoms with Gasteiger partial charge in [0.2, 0.25) is 5.91 Å². The molecule has 0 fully saturated rings. The standard InChI is InChI=1S/C17H20N4O2/c1-11(2)16(22)21-14-6-4-13(5-7-14)9-20-17(23)15-10-18-12(3)8-19-15/h4-8,10-11H,9H2,1-3H3,(H,20,23)(H,21,22). The number of nitrogens with one attached hydrogen (secondary N) is 2. The molecule has 6 heteroatoms. The molecule has 6 nitrogen and oxygen atoms in total. The summed E-state index contributed by atoms with van der Waals surface area (Å²) in [6.45, 7) is 5.88. The summed E-state index contributed by atoms with van der Waals surface area (Å²) in [7, 11) is 0. The highest BCUT2D eigenvalue weighted by Gasteiger charge is 2.08. The van der Waals surface area contributed by atoms with Gasteiger partial charge in [-0.2, -0.15) is 0 Å². The van der Waals surface area contributed by atoms with Crippen LogP contribution >= 0.6 is 0 Å². The van der Waals surface area contributed by atoms with Crippen molar-refractivity contribution in [2.24, 2.45) is 5.92 Å². The molecule has 1 heterocycles. The summed E-state index contributed by atoms with van der Waals surface area (Å²) in [5.74, 6) is -0.358. The average Bonchev–Trinajstić information content (AvgIpc) is 2.54. The van der Waals surface area contributed by atoms with E-state index in [4.69, 9.17) is 0 Å². The summed E-state index contributed by atoms with van der Waals surface area (Å²) >= 11 is 0. The molecule has 0 atom stereocenters. The maximum Gasteiger partial charge on any atom is 0.271 e. The molecule has 0 saturated carbocycles. The van der Waals surface area contributed by atoms with Crippen LogP contribution in [0.5, 0.6) is 0 Å². The lowest BCUT2D eigenvalue weighted by Gasteiger charge is -2.09. The quantitative estimate of drug-likeness (QED) is 0.887. The smallest absolute Gasteiger partial charge is 0.271 e. The predicted octanol–water partition coefficient (Wildman–Crippen LogP) is 2.31. The summed E-state index contributed by atoms with van der Waals surface area (Å²) in [6.07, 6.45) is 3.01. The molecular weight excluding hydrogens is 292 g/mol. The highest BCUT2D eigenvalue weighted by Crippen LogP contribution is 2.11. The van der Waals surface area contributed by atoms with Crippen LogP contribution in [0.3, 0.4) is 0 Å². The summed E-state index contributed by atoms with van der Waals surface area (Å²) in [5.41, 5.74) is 2.72. The zero-order valence-corrected chi connectivity index (χ0v) is 13.5. The average molecular weight is 312 g/mol. The fourth-order valence-electron chi connectivity index (χ4n) is 1.78. The summed E-state index contributed by atoms with van der Waals surface area (Å²) in [5, 5.41) is 5.60. The van der Waals surface area contributed by atoms with E-state index in [9.17, 15) is 9.59 Å². The first-order valence-corrected chi connectivity index (χ1v) is 7.42. The number of anilines is 1. The topological polar surface area (TPSA) is 84.0 Å². The molecule has 23 heavy (non-hydrogen) atoms. The van der Waals surface area contributed by atoms with Crippen molar-refractivity contribution in [3.63, 3.8) is 0 Å². The Hall–Kier alpha value is -2.76. The van der Waals surface area contributed by atoms with E-state index in [-0.39, 0.29) is 23.4 Å². The third kappa shape index (κ3) is 4.88. The number of nitrogens with zero attached hydrogens (tertiary/aromatic N) is 2. The van der Waals surface area contributed by atoms with Gasteiger partial charge >= 0.3 is 0 Å². The van der Waals surface area contributed by atoms with E-state index in [0.29, 0.717) is 6.54 Å². The first-order chi connectivity index (χ1) is 11.0. The van der Waals surface area contributed by atoms with E-state index in [1.54, 1.807) is 6.20 Å². The van der Waals surface area contributed by atoms with Crippen LogP contribution in [-0.2, 0) is 11.3 Å². The van der Waals surface area contributed by atoms with Gasteiger partial charge in [-0.15, -0.1) is 0 Å². The number of amides is 2. The van der Waals surface area contributed by atoms with Gasteiger partial charge in [-0.1, -0.05) is 26.0 Å². The number of benzene rings is 1. The Balaban J connectivity index is 1.90. The highest BCUT2D eigenvalue weighted by atomic mass is 16.2. The monoisotopic (exact) mass is 312 g/mol. The van der Waals surface area contributed by atoms with E-state index in [2.05, 4.69) is 20.6 Å². The minimum absolute atomic E-state index is 0.0241. The predicted molar refractivity (Wildman–Crippen MR) is 87.8 cm³/mol. The Bertz CT molecular complexity index is 679. The Kier molecular flexibility index (Phi) is 5.41. The molecule has 120 valence electrons. The SMILES string of the molecule is Cc1cnc(C(=O)NCc2ccc(NC(=O)C(C)C)cc2)cn1. The van der Waals surface area contributed by atoms with Gasteiger partial charge in [0.15, 0.2) is 0 Å². The second kappa shape index (κ2) is 7.49. The van der Waals surface area contributed by atoms with Gasteiger partial charge in [0, 0.05) is 24.3 Å². The van der Waals surface area contributed by atoms with Crippen LogP contribution in [0.25, 0.3) is 0 Å². The minimum Gasteiger partial charge on any atom is -0.347 e. The van der Waals surface area contributed by atoms with Crippen molar-refractivity contribution in [2.75, 3.05) is 5.32 Å². The lowest BCUT2D eigenvalue weighted by atomic mass is 10.1. The summed E-state index contributed by atoms with van der Waals surface area (Å²) in [6, 6.07) is 7.34. The molecular formula is C17H20N4O2. The van der Waals surface area contributed by atoms with E-state index in [0.717, 1.165) is 16.9 Å². The number of carbonyl (C=O) groups excluding carboxylic acids is 2. The van der Waals surface area contributed by atoms with Crippen molar-refractivity contribution in [2.45, 2.75) is 27.3 Å². The van der Waals surface area contributed by atoms with E-state index < -0.39 is 0 Å². The molecule has 0 saturated heterocycles. The molecule has 0 aliphatic carbocycles. The van der Waals surface area contributed by atoms with Crippen molar-refractivity contribution < 1.29 is 9.59 Å². The molecule has 0 unspecified atom stereocenters. The molecule has 0 aliphatic rings.